The Balaban J connectivity index is 3.40. The molecule has 10 heteroatoms. The van der Waals surface area contributed by atoms with Crippen molar-refractivity contribution in [2.24, 2.45) is 5.14 Å². The molecule has 0 radical (unpaired) electrons. The fraction of sp³-hybridized carbons (Fsp3) is 0.286. The summed E-state index contributed by atoms with van der Waals surface area (Å²) in [6, 6.07) is 0. The average Bonchev–Trinajstić information content (AvgIpc) is 2.06. The second kappa shape index (κ2) is 4.57. The van der Waals surface area contributed by atoms with E-state index in [1.807, 2.05) is 0 Å². The average molecular weight is 382 g/mol. The van der Waals surface area contributed by atoms with Crippen LogP contribution in [0, 0.1) is 10.5 Å². The topological polar surface area (TPSA) is 82.3 Å². The predicted molar refractivity (Wildman–Crippen MR) is 59.7 cm³/mol. The minimum atomic E-state index is -4.92. The molecule has 0 atom stereocenters. The third-order valence-electron chi connectivity index (χ3n) is 1.63. The first kappa shape index (κ1) is 14.4. The Labute approximate surface area is 108 Å². The number of primary sulfonamides is 1. The van der Waals surface area contributed by atoms with Crippen molar-refractivity contribution in [1.29, 1.82) is 0 Å². The summed E-state index contributed by atoms with van der Waals surface area (Å²) in [6.07, 6.45) is -4.13. The molecule has 0 spiro atoms. The molecule has 0 unspecified atom stereocenters. The second-order valence-electron chi connectivity index (χ2n) is 2.94. The number of hydrogen-bond donors (Lipinski definition) is 1. The van der Waals surface area contributed by atoms with Crippen molar-refractivity contribution in [2.75, 3.05) is 0 Å². The molecule has 2 N–H and O–H groups in total. The van der Waals surface area contributed by atoms with Crippen molar-refractivity contribution in [2.45, 2.75) is 18.2 Å². The zero-order valence-electron chi connectivity index (χ0n) is 8.25. The summed E-state index contributed by atoms with van der Waals surface area (Å²) in [6.45, 7) is 1.32. The number of nitrogens with zero attached hydrogens (tertiary/aromatic N) is 1. The molecule has 1 rings (SSSR count). The van der Waals surface area contributed by atoms with E-state index in [1.54, 1.807) is 0 Å². The van der Waals surface area contributed by atoms with Crippen molar-refractivity contribution < 1.29 is 26.3 Å². The minimum absolute atomic E-state index is 0.00595. The maximum Gasteiger partial charge on any atom is 0.573 e. The van der Waals surface area contributed by atoms with E-state index in [9.17, 15) is 21.6 Å². The van der Waals surface area contributed by atoms with Crippen molar-refractivity contribution in [3.63, 3.8) is 0 Å². The zero-order chi connectivity index (χ0) is 13.4. The van der Waals surface area contributed by atoms with Crippen LogP contribution in [0.4, 0.5) is 13.2 Å². The number of pyridine rings is 1. The van der Waals surface area contributed by atoms with E-state index >= 15 is 0 Å². The highest BCUT2D eigenvalue weighted by Gasteiger charge is 2.33. The SMILES string of the molecule is Cc1ncc(OC(F)(F)F)c(I)c1S(N)(=O)=O. The molecule has 0 bridgehead atoms. The first-order valence-electron chi connectivity index (χ1n) is 3.96. The van der Waals surface area contributed by atoms with Gasteiger partial charge < -0.3 is 4.74 Å². The van der Waals surface area contributed by atoms with Crippen LogP contribution in [0.25, 0.3) is 0 Å². The summed E-state index contributed by atoms with van der Waals surface area (Å²) in [5, 5.41) is 4.88. The van der Waals surface area contributed by atoms with E-state index in [4.69, 9.17) is 5.14 Å². The van der Waals surface area contributed by atoms with Crippen molar-refractivity contribution in [1.82, 2.24) is 4.98 Å². The van der Waals surface area contributed by atoms with Crippen LogP contribution in [-0.2, 0) is 10.0 Å². The number of aromatic nitrogens is 1. The summed E-state index contributed by atoms with van der Waals surface area (Å²) in [7, 11) is -4.16. The smallest absolute Gasteiger partial charge is 0.403 e. The lowest BCUT2D eigenvalue weighted by Crippen LogP contribution is -2.21. The Morgan fingerprint density at radius 3 is 2.41 bits per heavy atom. The molecule has 0 saturated heterocycles. The Bertz CT molecular complexity index is 544. The highest BCUT2D eigenvalue weighted by molar-refractivity contribution is 14.1. The van der Waals surface area contributed by atoms with Crippen LogP contribution in [0.3, 0.4) is 0 Å². The van der Waals surface area contributed by atoms with Gasteiger partial charge in [-0.15, -0.1) is 13.2 Å². The summed E-state index contributed by atoms with van der Waals surface area (Å²) < 4.78 is 61.8. The second-order valence-corrected chi connectivity index (χ2v) is 5.52. The molecule has 0 aliphatic rings. The number of rotatable bonds is 2. The molecule has 1 aromatic rings. The lowest BCUT2D eigenvalue weighted by molar-refractivity contribution is -0.275. The first-order valence-corrected chi connectivity index (χ1v) is 6.58. The highest BCUT2D eigenvalue weighted by Crippen LogP contribution is 2.31. The number of sulfonamides is 1. The number of hydrogen-bond acceptors (Lipinski definition) is 4. The zero-order valence-corrected chi connectivity index (χ0v) is 11.2. The molecule has 96 valence electrons. The maximum atomic E-state index is 12.0. The number of ether oxygens (including phenoxy) is 1. The Morgan fingerprint density at radius 2 is 2.00 bits per heavy atom. The van der Waals surface area contributed by atoms with E-state index in [0.717, 1.165) is 6.20 Å². The molecule has 0 saturated carbocycles. The Hall–Kier alpha value is -0.620. The van der Waals surface area contributed by atoms with Gasteiger partial charge in [-0.1, -0.05) is 0 Å². The standard InChI is InChI=1S/C7H6F3IN2O3S/c1-3-6(17(12,14)15)5(11)4(2-13-3)16-7(8,9)10/h2H,1H3,(H2,12,14,15). The van der Waals surface area contributed by atoms with Gasteiger partial charge in [0.1, 0.15) is 4.90 Å². The van der Waals surface area contributed by atoms with Crippen molar-refractivity contribution in [3.05, 3.63) is 15.5 Å². The van der Waals surface area contributed by atoms with Crippen LogP contribution < -0.4 is 9.88 Å². The summed E-state index contributed by atoms with van der Waals surface area (Å²) in [4.78, 5) is 3.03. The van der Waals surface area contributed by atoms with Gasteiger partial charge in [-0.2, -0.15) is 0 Å². The van der Waals surface area contributed by atoms with Crippen LogP contribution in [-0.4, -0.2) is 19.8 Å². The van der Waals surface area contributed by atoms with Crippen LogP contribution in [0.1, 0.15) is 5.69 Å². The third-order valence-corrected chi connectivity index (χ3v) is 4.14. The van der Waals surface area contributed by atoms with Crippen LogP contribution >= 0.6 is 22.6 Å². The molecule has 0 aliphatic carbocycles. The molecule has 0 aromatic carbocycles. The predicted octanol–water partition coefficient (Wildman–Crippen LogP) is 1.54. The molecule has 0 aliphatic heterocycles. The van der Waals surface area contributed by atoms with Crippen molar-refractivity contribution in [3.8, 4) is 5.75 Å². The molecule has 0 amide bonds. The summed E-state index contributed by atoms with van der Waals surface area (Å²) in [5.74, 6) is -0.701. The fourth-order valence-electron chi connectivity index (χ4n) is 1.07. The summed E-state index contributed by atoms with van der Waals surface area (Å²) in [5.41, 5.74) is 0.00595. The number of aryl methyl sites for hydroxylation is 1. The maximum absolute atomic E-state index is 12.0. The quantitative estimate of drug-likeness (QED) is 0.787. The largest absolute Gasteiger partial charge is 0.573 e. The fourth-order valence-corrected chi connectivity index (χ4v) is 3.44. The number of nitrogens with two attached hydrogens (primary N) is 1. The van der Waals surface area contributed by atoms with Gasteiger partial charge >= 0.3 is 6.36 Å². The van der Waals surface area contributed by atoms with Gasteiger partial charge in [0.25, 0.3) is 0 Å². The number of alkyl halides is 3. The Kier molecular flexibility index (Phi) is 3.88. The lowest BCUT2D eigenvalue weighted by atomic mass is 10.4. The first-order chi connectivity index (χ1) is 7.52. The van der Waals surface area contributed by atoms with Gasteiger partial charge in [0.15, 0.2) is 5.75 Å². The molecule has 1 aromatic heterocycles. The van der Waals surface area contributed by atoms with Crippen LogP contribution in [0.5, 0.6) is 5.75 Å². The van der Waals surface area contributed by atoms with Crippen molar-refractivity contribution >= 4 is 32.6 Å². The monoisotopic (exact) mass is 382 g/mol. The van der Waals surface area contributed by atoms with E-state index in [-0.39, 0.29) is 9.26 Å². The van der Waals surface area contributed by atoms with Gasteiger partial charge in [-0.05, 0) is 29.5 Å². The van der Waals surface area contributed by atoms with Crippen LogP contribution in [0.2, 0.25) is 0 Å². The van der Waals surface area contributed by atoms with Gasteiger partial charge in [0.2, 0.25) is 10.0 Å². The van der Waals surface area contributed by atoms with E-state index in [1.165, 1.54) is 29.5 Å². The van der Waals surface area contributed by atoms with E-state index in [0.29, 0.717) is 0 Å². The highest BCUT2D eigenvalue weighted by atomic mass is 127. The van der Waals surface area contributed by atoms with Gasteiger partial charge in [0, 0.05) is 0 Å². The lowest BCUT2D eigenvalue weighted by Gasteiger charge is -2.13. The molecule has 17 heavy (non-hydrogen) atoms. The van der Waals surface area contributed by atoms with E-state index < -0.39 is 27.0 Å². The summed E-state index contributed by atoms with van der Waals surface area (Å²) >= 11 is 1.41. The van der Waals surface area contributed by atoms with E-state index in [2.05, 4.69) is 9.72 Å². The Morgan fingerprint density at radius 1 is 1.47 bits per heavy atom. The van der Waals surface area contributed by atoms with Gasteiger partial charge in [-0.25, -0.2) is 13.6 Å². The molecule has 1 heterocycles. The van der Waals surface area contributed by atoms with Gasteiger partial charge in [-0.3, -0.25) is 4.98 Å². The molecule has 5 nitrogen and oxygen atoms in total. The van der Waals surface area contributed by atoms with Gasteiger partial charge in [0.05, 0.1) is 15.5 Å². The molecule has 0 fully saturated rings. The minimum Gasteiger partial charge on any atom is -0.403 e. The molecular formula is C7H6F3IN2O3S. The number of halogens is 4. The van der Waals surface area contributed by atoms with Crippen LogP contribution in [0.15, 0.2) is 11.1 Å². The third kappa shape index (κ3) is 3.67. The normalized spacial score (nSPS) is 12.6. The molecular weight excluding hydrogens is 376 g/mol.